The minimum Gasteiger partial charge on any atom is -0.394 e. The van der Waals surface area contributed by atoms with E-state index in [1.54, 1.807) is 13.0 Å². The first-order valence-electron chi connectivity index (χ1n) is 4.91. The lowest BCUT2D eigenvalue weighted by Crippen LogP contribution is -2.48. The number of nitrogens with one attached hydrogen (secondary N) is 1. The Morgan fingerprint density at radius 1 is 1.38 bits per heavy atom. The molecule has 1 aromatic rings. The SMILES string of the molecule is CC(CO)(CO)NCc1ccc(F)c(Cl)c1. The molecule has 3 nitrogen and oxygen atoms in total. The number of halogens is 2. The smallest absolute Gasteiger partial charge is 0.141 e. The summed E-state index contributed by atoms with van der Waals surface area (Å²) in [6, 6.07) is 4.40. The van der Waals surface area contributed by atoms with Crippen molar-refractivity contribution in [2.45, 2.75) is 19.0 Å². The van der Waals surface area contributed by atoms with Gasteiger partial charge in [0.1, 0.15) is 5.82 Å². The second-order valence-electron chi connectivity index (χ2n) is 3.98. The van der Waals surface area contributed by atoms with Gasteiger partial charge in [-0.1, -0.05) is 17.7 Å². The van der Waals surface area contributed by atoms with Gasteiger partial charge in [0.15, 0.2) is 0 Å². The van der Waals surface area contributed by atoms with Crippen molar-refractivity contribution >= 4 is 11.6 Å². The van der Waals surface area contributed by atoms with Crippen LogP contribution in [0.5, 0.6) is 0 Å². The molecule has 0 radical (unpaired) electrons. The van der Waals surface area contributed by atoms with Crippen LogP contribution < -0.4 is 5.32 Å². The van der Waals surface area contributed by atoms with Crippen LogP contribution in [0.15, 0.2) is 18.2 Å². The van der Waals surface area contributed by atoms with Gasteiger partial charge in [0.25, 0.3) is 0 Å². The number of hydrogen-bond acceptors (Lipinski definition) is 3. The van der Waals surface area contributed by atoms with Crippen molar-refractivity contribution in [3.8, 4) is 0 Å². The number of hydrogen-bond donors (Lipinski definition) is 3. The maximum atomic E-state index is 12.9. The fraction of sp³-hybridized carbons (Fsp3) is 0.455. The zero-order valence-electron chi connectivity index (χ0n) is 9.00. The number of aliphatic hydroxyl groups excluding tert-OH is 2. The van der Waals surface area contributed by atoms with Gasteiger partial charge in [-0.25, -0.2) is 4.39 Å². The van der Waals surface area contributed by atoms with Crippen LogP contribution in [0.25, 0.3) is 0 Å². The monoisotopic (exact) mass is 247 g/mol. The summed E-state index contributed by atoms with van der Waals surface area (Å²) in [5.74, 6) is -0.461. The van der Waals surface area contributed by atoms with Gasteiger partial charge in [-0.2, -0.15) is 0 Å². The van der Waals surface area contributed by atoms with Crippen molar-refractivity contribution in [1.29, 1.82) is 0 Å². The Labute approximate surface area is 98.9 Å². The fourth-order valence-electron chi connectivity index (χ4n) is 1.13. The van der Waals surface area contributed by atoms with E-state index in [9.17, 15) is 4.39 Å². The molecule has 0 atom stereocenters. The van der Waals surface area contributed by atoms with Crippen molar-refractivity contribution in [1.82, 2.24) is 5.32 Å². The van der Waals surface area contributed by atoms with Crippen LogP contribution in [0.3, 0.4) is 0 Å². The van der Waals surface area contributed by atoms with E-state index in [0.29, 0.717) is 6.54 Å². The Morgan fingerprint density at radius 2 is 2.00 bits per heavy atom. The van der Waals surface area contributed by atoms with Gasteiger partial charge >= 0.3 is 0 Å². The molecule has 0 saturated carbocycles. The van der Waals surface area contributed by atoms with Crippen LogP contribution in [0.2, 0.25) is 5.02 Å². The Hall–Kier alpha value is -0.680. The van der Waals surface area contributed by atoms with Gasteiger partial charge in [0.05, 0.1) is 23.8 Å². The van der Waals surface area contributed by atoms with Gasteiger partial charge in [-0.05, 0) is 24.6 Å². The molecular formula is C11H15ClFNO2. The minimum absolute atomic E-state index is 0.0639. The molecule has 0 aromatic heterocycles. The van der Waals surface area contributed by atoms with E-state index in [2.05, 4.69) is 5.32 Å². The lowest BCUT2D eigenvalue weighted by atomic mass is 10.0. The maximum Gasteiger partial charge on any atom is 0.141 e. The minimum atomic E-state index is -0.749. The van der Waals surface area contributed by atoms with E-state index in [1.165, 1.54) is 12.1 Å². The molecule has 0 aliphatic rings. The molecule has 0 amide bonds. The lowest BCUT2D eigenvalue weighted by Gasteiger charge is -2.26. The Kier molecular flexibility index (Phi) is 4.68. The fourth-order valence-corrected chi connectivity index (χ4v) is 1.33. The average Bonchev–Trinajstić information content (AvgIpc) is 2.30. The molecule has 0 spiro atoms. The summed E-state index contributed by atoms with van der Waals surface area (Å²) in [6.07, 6.45) is 0. The summed E-state index contributed by atoms with van der Waals surface area (Å²) in [5.41, 5.74) is 0.0421. The largest absolute Gasteiger partial charge is 0.394 e. The summed E-state index contributed by atoms with van der Waals surface area (Å²) < 4.78 is 12.9. The summed E-state index contributed by atoms with van der Waals surface area (Å²) in [6.45, 7) is 1.73. The predicted molar refractivity (Wildman–Crippen MR) is 60.8 cm³/mol. The van der Waals surface area contributed by atoms with E-state index in [1.807, 2.05) is 0 Å². The van der Waals surface area contributed by atoms with E-state index in [4.69, 9.17) is 21.8 Å². The quantitative estimate of drug-likeness (QED) is 0.736. The van der Waals surface area contributed by atoms with Crippen LogP contribution in [0.4, 0.5) is 4.39 Å². The standard InChI is InChI=1S/C11H15ClFNO2/c1-11(6-15,7-16)14-5-8-2-3-10(13)9(12)4-8/h2-4,14-16H,5-7H2,1H3. The molecule has 0 saturated heterocycles. The molecule has 0 bridgehead atoms. The van der Waals surface area contributed by atoms with E-state index < -0.39 is 11.4 Å². The molecule has 3 N–H and O–H groups in total. The normalized spacial score (nSPS) is 11.8. The van der Waals surface area contributed by atoms with Gasteiger partial charge in [-0.3, -0.25) is 0 Å². The molecule has 1 aromatic carbocycles. The molecule has 0 unspecified atom stereocenters. The van der Waals surface area contributed by atoms with Crippen LogP contribution in [0, 0.1) is 5.82 Å². The average molecular weight is 248 g/mol. The number of rotatable bonds is 5. The summed E-state index contributed by atoms with van der Waals surface area (Å²) in [5, 5.41) is 21.1. The highest BCUT2D eigenvalue weighted by atomic mass is 35.5. The molecule has 5 heteroatoms. The van der Waals surface area contributed by atoms with E-state index in [-0.39, 0.29) is 18.2 Å². The van der Waals surface area contributed by atoms with Crippen LogP contribution >= 0.6 is 11.6 Å². The molecule has 0 aliphatic carbocycles. The zero-order valence-corrected chi connectivity index (χ0v) is 9.76. The predicted octanol–water partition coefficient (Wildman–Crippen LogP) is 1.31. The van der Waals surface area contributed by atoms with Crippen LogP contribution in [0.1, 0.15) is 12.5 Å². The van der Waals surface area contributed by atoms with Gasteiger partial charge in [0, 0.05) is 6.54 Å². The third kappa shape index (κ3) is 3.42. The molecule has 90 valence electrons. The highest BCUT2D eigenvalue weighted by Crippen LogP contribution is 2.16. The van der Waals surface area contributed by atoms with Crippen LogP contribution in [-0.4, -0.2) is 29.0 Å². The van der Waals surface area contributed by atoms with E-state index in [0.717, 1.165) is 5.56 Å². The van der Waals surface area contributed by atoms with Gasteiger partial charge in [0.2, 0.25) is 0 Å². The van der Waals surface area contributed by atoms with E-state index >= 15 is 0 Å². The summed E-state index contributed by atoms with van der Waals surface area (Å²) in [4.78, 5) is 0. The second kappa shape index (κ2) is 5.59. The molecule has 0 heterocycles. The third-order valence-electron chi connectivity index (χ3n) is 2.40. The zero-order chi connectivity index (χ0) is 12.2. The Morgan fingerprint density at radius 3 is 2.50 bits per heavy atom. The number of aliphatic hydroxyl groups is 2. The van der Waals surface area contributed by atoms with Crippen molar-refractivity contribution in [3.05, 3.63) is 34.6 Å². The second-order valence-corrected chi connectivity index (χ2v) is 4.39. The Balaban J connectivity index is 2.64. The van der Waals surface area contributed by atoms with Crippen molar-refractivity contribution in [3.63, 3.8) is 0 Å². The van der Waals surface area contributed by atoms with Gasteiger partial charge < -0.3 is 15.5 Å². The highest BCUT2D eigenvalue weighted by Gasteiger charge is 2.21. The molecule has 1 rings (SSSR count). The summed E-state index contributed by atoms with van der Waals surface area (Å²) >= 11 is 5.63. The summed E-state index contributed by atoms with van der Waals surface area (Å²) in [7, 11) is 0. The van der Waals surface area contributed by atoms with Crippen molar-refractivity contribution in [2.24, 2.45) is 0 Å². The molecule has 0 fully saturated rings. The van der Waals surface area contributed by atoms with Crippen LogP contribution in [-0.2, 0) is 6.54 Å². The number of benzene rings is 1. The first kappa shape index (κ1) is 13.4. The van der Waals surface area contributed by atoms with Crippen molar-refractivity contribution < 1.29 is 14.6 Å². The molecular weight excluding hydrogens is 233 g/mol. The first-order valence-corrected chi connectivity index (χ1v) is 5.29. The maximum absolute atomic E-state index is 12.9. The molecule has 0 aliphatic heterocycles. The Bertz CT molecular complexity index is 356. The topological polar surface area (TPSA) is 52.5 Å². The molecule has 16 heavy (non-hydrogen) atoms. The highest BCUT2D eigenvalue weighted by molar-refractivity contribution is 6.30. The third-order valence-corrected chi connectivity index (χ3v) is 2.69. The van der Waals surface area contributed by atoms with Crippen molar-refractivity contribution in [2.75, 3.05) is 13.2 Å². The lowest BCUT2D eigenvalue weighted by molar-refractivity contribution is 0.103. The first-order chi connectivity index (χ1) is 7.50. The van der Waals surface area contributed by atoms with Gasteiger partial charge in [-0.15, -0.1) is 0 Å².